The molecule has 0 bridgehead atoms. The van der Waals surface area contributed by atoms with Crippen molar-refractivity contribution in [3.63, 3.8) is 0 Å². The molecule has 1 atom stereocenters. The van der Waals surface area contributed by atoms with Crippen molar-refractivity contribution >= 4 is 8.80 Å². The molecule has 30 heavy (non-hydrogen) atoms. The average Bonchev–Trinajstić information content (AvgIpc) is 2.68. The van der Waals surface area contributed by atoms with E-state index in [2.05, 4.69) is 6.92 Å². The third-order valence-corrected chi connectivity index (χ3v) is 8.64. The number of unbranched alkanes of at least 4 members (excludes halogenated alkanes) is 11. The van der Waals surface area contributed by atoms with E-state index in [9.17, 15) is 13.2 Å². The first-order valence-corrected chi connectivity index (χ1v) is 14.3. The summed E-state index contributed by atoms with van der Waals surface area (Å²) in [6, 6.07) is -0.177. The van der Waals surface area contributed by atoms with Crippen LogP contribution < -0.4 is 0 Å². The molecule has 1 unspecified atom stereocenters. The summed E-state index contributed by atoms with van der Waals surface area (Å²) in [4.78, 5) is 0. The molecule has 0 aromatic carbocycles. The minimum atomic E-state index is -4.25. The molecular formula is C23H47F3O3Si. The van der Waals surface area contributed by atoms with Crippen LogP contribution in [0.5, 0.6) is 0 Å². The zero-order valence-corrected chi connectivity index (χ0v) is 21.0. The molecule has 0 aromatic rings. The molecule has 0 amide bonds. The second kappa shape index (κ2) is 18.5. The summed E-state index contributed by atoms with van der Waals surface area (Å²) in [7, 11) is -3.29. The largest absolute Gasteiger partial charge is 0.501 e. The Kier molecular flexibility index (Phi) is 18.4. The molecule has 0 aliphatic carbocycles. The summed E-state index contributed by atoms with van der Waals surface area (Å²) in [5, 5.41) is 0. The van der Waals surface area contributed by atoms with Crippen LogP contribution in [0.1, 0.15) is 111 Å². The van der Waals surface area contributed by atoms with Crippen LogP contribution in [0.4, 0.5) is 13.2 Å². The highest BCUT2D eigenvalue weighted by Gasteiger charge is 2.50. The first kappa shape index (κ1) is 29.9. The minimum absolute atomic E-state index is 0.128. The van der Waals surface area contributed by atoms with Crippen LogP contribution in [-0.4, -0.2) is 34.8 Å². The quantitative estimate of drug-likeness (QED) is 0.128. The van der Waals surface area contributed by atoms with Gasteiger partial charge in [-0.25, -0.2) is 0 Å². The molecule has 0 radical (unpaired) electrons. The van der Waals surface area contributed by atoms with E-state index in [0.717, 1.165) is 19.3 Å². The fraction of sp³-hybridized carbons (Fsp3) is 1.00. The maximum atomic E-state index is 13.7. The normalized spacial score (nSPS) is 13.7. The van der Waals surface area contributed by atoms with Crippen LogP contribution in [0.3, 0.4) is 0 Å². The van der Waals surface area contributed by atoms with Gasteiger partial charge in [0.15, 0.2) is 0 Å². The fourth-order valence-electron chi connectivity index (χ4n) is 3.88. The summed E-state index contributed by atoms with van der Waals surface area (Å²) >= 11 is 0. The summed E-state index contributed by atoms with van der Waals surface area (Å²) in [5.74, 6) is -1.42. The van der Waals surface area contributed by atoms with Gasteiger partial charge in [-0.2, -0.15) is 13.2 Å². The van der Waals surface area contributed by atoms with Gasteiger partial charge in [-0.15, -0.1) is 0 Å². The van der Waals surface area contributed by atoms with E-state index >= 15 is 0 Å². The fourth-order valence-corrected chi connectivity index (χ4v) is 6.84. The Bertz CT molecular complexity index is 364. The van der Waals surface area contributed by atoms with Gasteiger partial charge in [-0.1, -0.05) is 84.0 Å². The van der Waals surface area contributed by atoms with Crippen LogP contribution in [0.25, 0.3) is 0 Å². The average molecular weight is 457 g/mol. The zero-order chi connectivity index (χ0) is 22.7. The van der Waals surface area contributed by atoms with E-state index in [4.69, 9.17) is 13.3 Å². The van der Waals surface area contributed by atoms with Crippen LogP contribution in [0.2, 0.25) is 6.04 Å². The van der Waals surface area contributed by atoms with Gasteiger partial charge in [0.05, 0.1) is 5.92 Å². The van der Waals surface area contributed by atoms with E-state index < -0.39 is 20.9 Å². The van der Waals surface area contributed by atoms with Gasteiger partial charge in [-0.05, 0) is 27.2 Å². The molecule has 182 valence electrons. The number of halogens is 3. The Hall–Kier alpha value is -0.113. The molecule has 0 spiro atoms. The van der Waals surface area contributed by atoms with Crippen molar-refractivity contribution in [3.05, 3.63) is 0 Å². The lowest BCUT2D eigenvalue weighted by atomic mass is 10.0. The number of hydrogen-bond acceptors (Lipinski definition) is 3. The summed E-state index contributed by atoms with van der Waals surface area (Å²) in [6.45, 7) is 8.45. The Balaban J connectivity index is 4.24. The topological polar surface area (TPSA) is 27.7 Å². The third kappa shape index (κ3) is 14.8. The molecule has 0 heterocycles. The molecule has 0 N–H and O–H groups in total. The molecule has 7 heteroatoms. The van der Waals surface area contributed by atoms with Crippen molar-refractivity contribution in [2.24, 2.45) is 5.92 Å². The van der Waals surface area contributed by atoms with Gasteiger partial charge in [0.25, 0.3) is 0 Å². The van der Waals surface area contributed by atoms with Gasteiger partial charge in [0.2, 0.25) is 0 Å². The van der Waals surface area contributed by atoms with Crippen LogP contribution in [-0.2, 0) is 13.3 Å². The van der Waals surface area contributed by atoms with Gasteiger partial charge in [0, 0.05) is 25.9 Å². The molecule has 0 aliphatic heterocycles. The molecule has 0 rings (SSSR count). The highest BCUT2D eigenvalue weighted by atomic mass is 28.4. The maximum Gasteiger partial charge on any atom is 0.501 e. The lowest BCUT2D eigenvalue weighted by molar-refractivity contribution is -0.174. The number of hydrogen-bond donors (Lipinski definition) is 0. The summed E-state index contributed by atoms with van der Waals surface area (Å²) in [6.07, 6.45) is 9.83. The van der Waals surface area contributed by atoms with Crippen LogP contribution >= 0.6 is 0 Å². The summed E-state index contributed by atoms with van der Waals surface area (Å²) < 4.78 is 57.9. The van der Waals surface area contributed by atoms with Crippen LogP contribution in [0, 0.1) is 5.92 Å². The number of rotatable bonds is 21. The first-order valence-electron chi connectivity index (χ1n) is 12.3. The highest BCUT2D eigenvalue weighted by molar-refractivity contribution is 6.60. The number of alkyl halides is 3. The molecule has 0 saturated carbocycles. The second-order valence-electron chi connectivity index (χ2n) is 8.10. The smallest absolute Gasteiger partial charge is 0.374 e. The molecule has 3 nitrogen and oxygen atoms in total. The van der Waals surface area contributed by atoms with Crippen molar-refractivity contribution in [1.29, 1.82) is 0 Å². The van der Waals surface area contributed by atoms with Gasteiger partial charge < -0.3 is 13.3 Å². The second-order valence-corrected chi connectivity index (χ2v) is 10.7. The molecule has 0 saturated heterocycles. The van der Waals surface area contributed by atoms with Crippen molar-refractivity contribution < 1.29 is 26.4 Å². The summed E-state index contributed by atoms with van der Waals surface area (Å²) in [5.41, 5.74) is 0. The van der Waals surface area contributed by atoms with Gasteiger partial charge in [0.1, 0.15) is 0 Å². The van der Waals surface area contributed by atoms with E-state index in [0.29, 0.717) is 26.2 Å². The Morgan fingerprint density at radius 1 is 0.600 bits per heavy atom. The van der Waals surface area contributed by atoms with Crippen molar-refractivity contribution in [2.75, 3.05) is 19.8 Å². The van der Waals surface area contributed by atoms with E-state index in [-0.39, 0.29) is 12.5 Å². The molecular weight excluding hydrogens is 409 g/mol. The van der Waals surface area contributed by atoms with E-state index in [1.165, 1.54) is 51.4 Å². The molecule has 0 aliphatic rings. The zero-order valence-electron chi connectivity index (χ0n) is 20.0. The van der Waals surface area contributed by atoms with Gasteiger partial charge >= 0.3 is 15.0 Å². The van der Waals surface area contributed by atoms with E-state index in [1.807, 2.05) is 0 Å². The maximum absolute atomic E-state index is 13.7. The highest BCUT2D eigenvalue weighted by Crippen LogP contribution is 2.37. The molecule has 0 fully saturated rings. The monoisotopic (exact) mass is 456 g/mol. The Morgan fingerprint density at radius 2 is 0.967 bits per heavy atom. The predicted octanol–water partition coefficient (Wildman–Crippen LogP) is 8.30. The molecule has 0 aromatic heterocycles. The Morgan fingerprint density at radius 3 is 1.30 bits per heavy atom. The minimum Gasteiger partial charge on any atom is -0.374 e. The van der Waals surface area contributed by atoms with Crippen molar-refractivity contribution in [3.8, 4) is 0 Å². The predicted molar refractivity (Wildman–Crippen MR) is 121 cm³/mol. The lowest BCUT2D eigenvalue weighted by Crippen LogP contribution is -2.49. The third-order valence-electron chi connectivity index (χ3n) is 5.46. The first-order chi connectivity index (χ1) is 14.3. The van der Waals surface area contributed by atoms with Crippen LogP contribution in [0.15, 0.2) is 0 Å². The van der Waals surface area contributed by atoms with Crippen molar-refractivity contribution in [2.45, 2.75) is 123 Å². The van der Waals surface area contributed by atoms with E-state index in [1.54, 1.807) is 20.8 Å². The lowest BCUT2D eigenvalue weighted by Gasteiger charge is -2.32. The van der Waals surface area contributed by atoms with Gasteiger partial charge in [-0.3, -0.25) is 0 Å². The standard InChI is InChI=1S/C23H47F3O3Si/c1-5-9-10-11-12-13-14-15-16-17-18-19-20-22(23(24,25)26)21-30(27-6-2,28-7-3)29-8-4/h22H,5-21H2,1-4H3. The van der Waals surface area contributed by atoms with Crippen molar-refractivity contribution in [1.82, 2.24) is 0 Å². The Labute approximate surface area is 184 Å². The SMILES string of the molecule is CCCCCCCCCCCCCCC(C[Si](OCC)(OCC)OCC)C(F)(F)F.